The Balaban J connectivity index is 2.30. The lowest BCUT2D eigenvalue weighted by Gasteiger charge is -2.37. The third-order valence-corrected chi connectivity index (χ3v) is 2.91. The number of nitrogens with zero attached hydrogens (tertiary/aromatic N) is 1. The Morgan fingerprint density at radius 3 is 2.67 bits per heavy atom. The molecule has 0 spiro atoms. The number of hydrogen-bond acceptors (Lipinski definition) is 2. The highest BCUT2D eigenvalue weighted by molar-refractivity contribution is 4.81. The van der Waals surface area contributed by atoms with E-state index in [0.717, 1.165) is 18.6 Å². The zero-order chi connectivity index (χ0) is 8.97. The first kappa shape index (κ1) is 10.0. The minimum absolute atomic E-state index is 0.771. The van der Waals surface area contributed by atoms with Crippen molar-refractivity contribution in [3.05, 3.63) is 0 Å². The third-order valence-electron chi connectivity index (χ3n) is 2.91. The van der Waals surface area contributed by atoms with Gasteiger partial charge < -0.3 is 10.2 Å². The molecule has 0 radical (unpaired) electrons. The Kier molecular flexibility index (Phi) is 4.02. The topological polar surface area (TPSA) is 15.3 Å². The van der Waals surface area contributed by atoms with Gasteiger partial charge in [-0.05, 0) is 39.4 Å². The van der Waals surface area contributed by atoms with Crippen LogP contribution in [0.2, 0.25) is 0 Å². The van der Waals surface area contributed by atoms with Crippen molar-refractivity contribution in [1.82, 2.24) is 10.2 Å². The highest BCUT2D eigenvalue weighted by Gasteiger charge is 2.22. The number of hydrogen-bond donors (Lipinski definition) is 1. The van der Waals surface area contributed by atoms with Crippen LogP contribution in [-0.4, -0.2) is 36.6 Å². The summed E-state index contributed by atoms with van der Waals surface area (Å²) in [5.41, 5.74) is 0. The standard InChI is InChI=1S/C10H22N2/c1-4-11-10-6-7-12(5-2)9(3)8-10/h9-11H,4-8H2,1-3H3. The minimum atomic E-state index is 0.771. The fourth-order valence-electron chi connectivity index (χ4n) is 2.16. The summed E-state index contributed by atoms with van der Waals surface area (Å²) in [5.74, 6) is 0. The van der Waals surface area contributed by atoms with Gasteiger partial charge in [-0.15, -0.1) is 0 Å². The quantitative estimate of drug-likeness (QED) is 0.690. The van der Waals surface area contributed by atoms with Crippen LogP contribution in [0.3, 0.4) is 0 Å². The lowest BCUT2D eigenvalue weighted by Crippen LogP contribution is -2.47. The predicted octanol–water partition coefficient (Wildman–Crippen LogP) is 1.47. The van der Waals surface area contributed by atoms with E-state index in [9.17, 15) is 0 Å². The fraction of sp³-hybridized carbons (Fsp3) is 1.00. The summed E-state index contributed by atoms with van der Waals surface area (Å²) in [6, 6.07) is 1.54. The van der Waals surface area contributed by atoms with Crippen molar-refractivity contribution < 1.29 is 0 Å². The molecule has 72 valence electrons. The maximum absolute atomic E-state index is 3.53. The molecule has 0 aromatic heterocycles. The molecule has 2 heteroatoms. The van der Waals surface area contributed by atoms with Crippen molar-refractivity contribution in [3.63, 3.8) is 0 Å². The molecule has 1 N–H and O–H groups in total. The molecule has 1 fully saturated rings. The molecule has 1 aliphatic heterocycles. The van der Waals surface area contributed by atoms with Crippen molar-refractivity contribution in [2.45, 2.75) is 45.7 Å². The molecule has 0 aliphatic carbocycles. The van der Waals surface area contributed by atoms with E-state index in [-0.39, 0.29) is 0 Å². The van der Waals surface area contributed by atoms with Gasteiger partial charge >= 0.3 is 0 Å². The zero-order valence-electron chi connectivity index (χ0n) is 8.64. The Morgan fingerprint density at radius 1 is 1.42 bits per heavy atom. The smallest absolute Gasteiger partial charge is 0.00939 e. The predicted molar refractivity (Wildman–Crippen MR) is 53.4 cm³/mol. The largest absolute Gasteiger partial charge is 0.314 e. The zero-order valence-corrected chi connectivity index (χ0v) is 8.64. The second-order valence-electron chi connectivity index (χ2n) is 3.76. The van der Waals surface area contributed by atoms with Crippen molar-refractivity contribution in [2.75, 3.05) is 19.6 Å². The van der Waals surface area contributed by atoms with Crippen LogP contribution in [0.1, 0.15) is 33.6 Å². The average molecular weight is 170 g/mol. The lowest BCUT2D eigenvalue weighted by atomic mass is 9.98. The van der Waals surface area contributed by atoms with E-state index in [2.05, 4.69) is 31.0 Å². The summed E-state index contributed by atoms with van der Waals surface area (Å²) < 4.78 is 0. The van der Waals surface area contributed by atoms with Gasteiger partial charge in [0.25, 0.3) is 0 Å². The van der Waals surface area contributed by atoms with Gasteiger partial charge in [0.1, 0.15) is 0 Å². The maximum atomic E-state index is 3.53. The molecule has 0 bridgehead atoms. The van der Waals surface area contributed by atoms with Gasteiger partial charge in [0, 0.05) is 12.1 Å². The van der Waals surface area contributed by atoms with E-state index in [4.69, 9.17) is 0 Å². The van der Waals surface area contributed by atoms with Gasteiger partial charge in [-0.1, -0.05) is 13.8 Å². The molecule has 1 aliphatic rings. The van der Waals surface area contributed by atoms with Crippen LogP contribution < -0.4 is 5.32 Å². The van der Waals surface area contributed by atoms with E-state index in [0.29, 0.717) is 0 Å². The summed E-state index contributed by atoms with van der Waals surface area (Å²) >= 11 is 0. The van der Waals surface area contributed by atoms with Crippen LogP contribution in [-0.2, 0) is 0 Å². The first-order chi connectivity index (χ1) is 5.77. The molecule has 1 saturated heterocycles. The number of piperidine rings is 1. The normalized spacial score (nSPS) is 32.2. The van der Waals surface area contributed by atoms with E-state index < -0.39 is 0 Å². The van der Waals surface area contributed by atoms with Gasteiger partial charge in [-0.3, -0.25) is 0 Å². The summed E-state index contributed by atoms with van der Waals surface area (Å²) in [6.45, 7) is 10.4. The molecule has 0 saturated carbocycles. The SMILES string of the molecule is CCNC1CCN(CC)C(C)C1. The molecule has 2 atom stereocenters. The molecule has 0 amide bonds. The highest BCUT2D eigenvalue weighted by atomic mass is 15.2. The van der Waals surface area contributed by atoms with Gasteiger partial charge in [0.2, 0.25) is 0 Å². The van der Waals surface area contributed by atoms with Crippen molar-refractivity contribution in [2.24, 2.45) is 0 Å². The summed E-state index contributed by atoms with van der Waals surface area (Å²) in [6.07, 6.45) is 2.65. The van der Waals surface area contributed by atoms with Crippen LogP contribution in [0.4, 0.5) is 0 Å². The molecule has 0 aromatic rings. The number of rotatable bonds is 3. The van der Waals surface area contributed by atoms with E-state index in [1.807, 2.05) is 0 Å². The van der Waals surface area contributed by atoms with Crippen LogP contribution in [0, 0.1) is 0 Å². The molecule has 1 rings (SSSR count). The molecular formula is C10H22N2. The van der Waals surface area contributed by atoms with Crippen LogP contribution in [0.5, 0.6) is 0 Å². The maximum Gasteiger partial charge on any atom is 0.00939 e. The van der Waals surface area contributed by atoms with Crippen LogP contribution in [0.15, 0.2) is 0 Å². The molecule has 2 nitrogen and oxygen atoms in total. The van der Waals surface area contributed by atoms with Crippen LogP contribution >= 0.6 is 0 Å². The van der Waals surface area contributed by atoms with Crippen molar-refractivity contribution >= 4 is 0 Å². The van der Waals surface area contributed by atoms with Crippen molar-refractivity contribution in [1.29, 1.82) is 0 Å². The summed E-state index contributed by atoms with van der Waals surface area (Å²) in [7, 11) is 0. The monoisotopic (exact) mass is 170 g/mol. The molecule has 1 heterocycles. The first-order valence-electron chi connectivity index (χ1n) is 5.25. The number of likely N-dealkylation sites (tertiary alicyclic amines) is 1. The molecule has 12 heavy (non-hydrogen) atoms. The molecule has 2 unspecified atom stereocenters. The Morgan fingerprint density at radius 2 is 2.17 bits per heavy atom. The van der Waals surface area contributed by atoms with Gasteiger partial charge in [0.05, 0.1) is 0 Å². The second kappa shape index (κ2) is 4.83. The lowest BCUT2D eigenvalue weighted by molar-refractivity contribution is 0.144. The minimum Gasteiger partial charge on any atom is -0.314 e. The Bertz CT molecular complexity index is 125. The average Bonchev–Trinajstić information content (AvgIpc) is 2.05. The first-order valence-corrected chi connectivity index (χ1v) is 5.25. The second-order valence-corrected chi connectivity index (χ2v) is 3.76. The van der Waals surface area contributed by atoms with Gasteiger partial charge in [-0.25, -0.2) is 0 Å². The van der Waals surface area contributed by atoms with Gasteiger partial charge in [-0.2, -0.15) is 0 Å². The van der Waals surface area contributed by atoms with E-state index in [1.54, 1.807) is 0 Å². The van der Waals surface area contributed by atoms with E-state index >= 15 is 0 Å². The summed E-state index contributed by atoms with van der Waals surface area (Å²) in [4.78, 5) is 2.56. The van der Waals surface area contributed by atoms with Gasteiger partial charge in [0.15, 0.2) is 0 Å². The Hall–Kier alpha value is -0.0800. The molecule has 0 aromatic carbocycles. The third kappa shape index (κ3) is 2.46. The fourth-order valence-corrected chi connectivity index (χ4v) is 2.16. The summed E-state index contributed by atoms with van der Waals surface area (Å²) in [5, 5.41) is 3.53. The van der Waals surface area contributed by atoms with E-state index in [1.165, 1.54) is 25.9 Å². The molecular weight excluding hydrogens is 148 g/mol. The number of nitrogens with one attached hydrogen (secondary N) is 1. The Labute approximate surface area is 76.3 Å². The van der Waals surface area contributed by atoms with Crippen molar-refractivity contribution in [3.8, 4) is 0 Å². The van der Waals surface area contributed by atoms with Crippen LogP contribution in [0.25, 0.3) is 0 Å². The highest BCUT2D eigenvalue weighted by Crippen LogP contribution is 2.16.